The average molecular weight is 618 g/mol. The van der Waals surface area contributed by atoms with Crippen LogP contribution in [0, 0.1) is 17.8 Å². The summed E-state index contributed by atoms with van der Waals surface area (Å²) in [5.41, 5.74) is 7.85. The third-order valence-electron chi connectivity index (χ3n) is 9.57. The summed E-state index contributed by atoms with van der Waals surface area (Å²) in [5, 5.41) is 0. The molecule has 3 aliphatic rings. The quantitative estimate of drug-likeness (QED) is 0.240. The molecule has 2 aliphatic carbocycles. The molecule has 0 N–H and O–H groups in total. The van der Waals surface area contributed by atoms with Crippen molar-refractivity contribution in [3.8, 4) is 11.5 Å². The molecule has 46 heavy (non-hydrogen) atoms. The van der Waals surface area contributed by atoms with Crippen LogP contribution in [0.15, 0.2) is 95.3 Å². The van der Waals surface area contributed by atoms with Crippen LogP contribution < -0.4 is 9.47 Å². The number of rotatable bonds is 9. The Balaban J connectivity index is 1.46. The van der Waals surface area contributed by atoms with E-state index in [2.05, 4.69) is 82.0 Å². The lowest BCUT2D eigenvalue weighted by Gasteiger charge is -2.49. The molecular formula is C41H47NO4. The summed E-state index contributed by atoms with van der Waals surface area (Å²) < 4.78 is 12.4. The molecule has 0 saturated carbocycles. The van der Waals surface area contributed by atoms with Gasteiger partial charge in [0.15, 0.2) is 23.1 Å². The van der Waals surface area contributed by atoms with Crippen molar-refractivity contribution in [3.63, 3.8) is 0 Å². The zero-order valence-corrected chi connectivity index (χ0v) is 28.2. The molecule has 0 radical (unpaired) electrons. The molecule has 5 heteroatoms. The van der Waals surface area contributed by atoms with Gasteiger partial charge >= 0.3 is 0 Å². The first-order chi connectivity index (χ1) is 21.9. The zero-order chi connectivity index (χ0) is 32.6. The van der Waals surface area contributed by atoms with Gasteiger partial charge in [-0.15, -0.1) is 0 Å². The van der Waals surface area contributed by atoms with Crippen LogP contribution in [0.1, 0.15) is 88.5 Å². The normalized spacial score (nSPS) is 19.2. The van der Waals surface area contributed by atoms with Gasteiger partial charge in [-0.25, -0.2) is 0 Å². The first kappa shape index (κ1) is 31.8. The minimum atomic E-state index is -0.421. The Labute approximate surface area is 274 Å². The van der Waals surface area contributed by atoms with Gasteiger partial charge in [0.25, 0.3) is 0 Å². The van der Waals surface area contributed by atoms with Crippen LogP contribution in [0.2, 0.25) is 0 Å². The van der Waals surface area contributed by atoms with Gasteiger partial charge in [-0.05, 0) is 72.8 Å². The highest BCUT2D eigenvalue weighted by molar-refractivity contribution is 6.06. The van der Waals surface area contributed by atoms with Gasteiger partial charge in [0.05, 0.1) is 6.61 Å². The van der Waals surface area contributed by atoms with Gasteiger partial charge in [0.2, 0.25) is 0 Å². The van der Waals surface area contributed by atoms with Gasteiger partial charge in [-0.1, -0.05) is 93.9 Å². The van der Waals surface area contributed by atoms with E-state index in [0.29, 0.717) is 37.6 Å². The van der Waals surface area contributed by atoms with Gasteiger partial charge in [0.1, 0.15) is 6.61 Å². The van der Waals surface area contributed by atoms with Crippen LogP contribution in [0.5, 0.6) is 11.5 Å². The Morgan fingerprint density at radius 1 is 0.717 bits per heavy atom. The molecular weight excluding hydrogens is 570 g/mol. The number of carbonyl (C=O) groups excluding carboxylic acids is 2. The van der Waals surface area contributed by atoms with Crippen molar-refractivity contribution >= 4 is 11.6 Å². The fourth-order valence-electron chi connectivity index (χ4n) is 7.59. The van der Waals surface area contributed by atoms with Crippen LogP contribution in [-0.4, -0.2) is 29.6 Å². The molecule has 3 aromatic carbocycles. The molecule has 0 saturated heterocycles. The van der Waals surface area contributed by atoms with E-state index in [9.17, 15) is 9.59 Å². The molecule has 0 fully saturated rings. The van der Waals surface area contributed by atoms with Gasteiger partial charge in [-0.2, -0.15) is 0 Å². The number of nitrogens with zero attached hydrogens (tertiary/aromatic N) is 1. The summed E-state index contributed by atoms with van der Waals surface area (Å²) in [5.74, 6) is 1.15. The van der Waals surface area contributed by atoms with E-state index < -0.39 is 5.92 Å². The van der Waals surface area contributed by atoms with Crippen LogP contribution in [0.4, 0.5) is 0 Å². The fourth-order valence-corrected chi connectivity index (χ4v) is 7.59. The number of aryl methyl sites for hydroxylation is 1. The molecule has 6 rings (SSSR count). The third-order valence-corrected chi connectivity index (χ3v) is 9.57. The molecule has 240 valence electrons. The predicted molar refractivity (Wildman–Crippen MR) is 183 cm³/mol. The summed E-state index contributed by atoms with van der Waals surface area (Å²) in [7, 11) is 0. The highest BCUT2D eigenvalue weighted by Gasteiger charge is 2.49. The lowest BCUT2D eigenvalue weighted by atomic mass is 9.63. The van der Waals surface area contributed by atoms with Gasteiger partial charge < -0.3 is 14.4 Å². The van der Waals surface area contributed by atoms with E-state index in [4.69, 9.17) is 9.47 Å². The minimum Gasteiger partial charge on any atom is -0.490 e. The molecule has 0 unspecified atom stereocenters. The number of Topliss-reactive ketones (excluding diaryl/α,β-unsaturated/α-hetero) is 2. The summed E-state index contributed by atoms with van der Waals surface area (Å²) in [4.78, 5) is 30.9. The average Bonchev–Trinajstić information content (AvgIpc) is 2.98. The molecule has 0 atom stereocenters. The summed E-state index contributed by atoms with van der Waals surface area (Å²) >= 11 is 0. The second-order valence-corrected chi connectivity index (χ2v) is 14.8. The van der Waals surface area contributed by atoms with Crippen LogP contribution in [0.3, 0.4) is 0 Å². The maximum atomic E-state index is 14.2. The minimum absolute atomic E-state index is 0.142. The van der Waals surface area contributed by atoms with E-state index in [1.807, 2.05) is 37.3 Å². The Hall–Kier alpha value is -4.12. The highest BCUT2D eigenvalue weighted by atomic mass is 16.5. The molecule has 1 aliphatic heterocycles. The van der Waals surface area contributed by atoms with Crippen molar-refractivity contribution in [1.29, 1.82) is 0 Å². The molecule has 0 aromatic heterocycles. The first-order valence-corrected chi connectivity index (χ1v) is 16.7. The number of hydrogen-bond acceptors (Lipinski definition) is 5. The van der Waals surface area contributed by atoms with Crippen molar-refractivity contribution in [2.24, 2.45) is 10.8 Å². The fraction of sp³-hybridized carbons (Fsp3) is 0.415. The summed E-state index contributed by atoms with van der Waals surface area (Å²) in [6.07, 6.45) is 3.35. The summed E-state index contributed by atoms with van der Waals surface area (Å²) in [6.45, 7) is 14.4. The van der Waals surface area contributed by atoms with Crippen LogP contribution in [-0.2, 0) is 22.6 Å². The van der Waals surface area contributed by atoms with Crippen molar-refractivity contribution in [2.75, 3.05) is 13.2 Å². The van der Waals surface area contributed by atoms with Gasteiger partial charge in [-0.3, -0.25) is 9.59 Å². The molecule has 1 heterocycles. The van der Waals surface area contributed by atoms with Crippen LogP contribution >= 0.6 is 0 Å². The van der Waals surface area contributed by atoms with Crippen molar-refractivity contribution in [3.05, 3.63) is 118 Å². The number of hydrogen-bond donors (Lipinski definition) is 0. The predicted octanol–water partition coefficient (Wildman–Crippen LogP) is 8.90. The molecule has 0 bridgehead atoms. The number of ether oxygens (including phenoxy) is 2. The Morgan fingerprint density at radius 2 is 1.35 bits per heavy atom. The Kier molecular flexibility index (Phi) is 8.71. The number of benzene rings is 3. The first-order valence-electron chi connectivity index (χ1n) is 16.7. The van der Waals surface area contributed by atoms with E-state index in [0.717, 1.165) is 59.5 Å². The highest BCUT2D eigenvalue weighted by Crippen LogP contribution is 2.55. The zero-order valence-electron chi connectivity index (χ0n) is 28.2. The second-order valence-electron chi connectivity index (χ2n) is 14.8. The SMILES string of the molecule is CCOc1cc(C2C3=C(CC(C)(C)CC3=O)N(CCc3ccccc3)C3=C2C(=O)CC(C)(C)C3)ccc1OCc1cccc(C)c1. The molecule has 0 amide bonds. The molecule has 3 aromatic rings. The smallest absolute Gasteiger partial charge is 0.162 e. The lowest BCUT2D eigenvalue weighted by Crippen LogP contribution is -2.45. The maximum absolute atomic E-state index is 14.2. The summed E-state index contributed by atoms with van der Waals surface area (Å²) in [6, 6.07) is 24.8. The number of allylic oxidation sites excluding steroid dienone is 4. The monoisotopic (exact) mass is 617 g/mol. The standard InChI is InChI=1S/C41H47NO4/c1-7-45-36-21-30(16-17-35(36)46-26-29-15-11-12-27(2)20-29)37-38-31(22-40(3,4)24-33(38)43)42(19-18-28-13-9-8-10-14-28)32-23-41(5,6)25-34(44)39(32)37/h8-17,20-21,37H,7,18-19,22-26H2,1-6H3. The van der Waals surface area contributed by atoms with Crippen molar-refractivity contribution in [2.45, 2.75) is 86.2 Å². The topological polar surface area (TPSA) is 55.8 Å². The molecule has 5 nitrogen and oxygen atoms in total. The van der Waals surface area contributed by atoms with Gasteiger partial charge in [0, 0.05) is 47.8 Å². The lowest BCUT2D eigenvalue weighted by molar-refractivity contribution is -0.119. The van der Waals surface area contributed by atoms with Crippen molar-refractivity contribution in [1.82, 2.24) is 4.90 Å². The van der Waals surface area contributed by atoms with E-state index in [1.54, 1.807) is 0 Å². The largest absolute Gasteiger partial charge is 0.490 e. The molecule has 0 spiro atoms. The third kappa shape index (κ3) is 6.56. The van der Waals surface area contributed by atoms with E-state index in [-0.39, 0.29) is 22.4 Å². The second kappa shape index (κ2) is 12.6. The number of carbonyl (C=O) groups is 2. The Bertz CT molecular complexity index is 1660. The van der Waals surface area contributed by atoms with E-state index >= 15 is 0 Å². The Morgan fingerprint density at radius 3 is 1.96 bits per heavy atom. The number of ketones is 2. The van der Waals surface area contributed by atoms with E-state index in [1.165, 1.54) is 11.1 Å². The van der Waals surface area contributed by atoms with Crippen LogP contribution in [0.25, 0.3) is 0 Å². The maximum Gasteiger partial charge on any atom is 0.162 e. The van der Waals surface area contributed by atoms with Crippen molar-refractivity contribution < 1.29 is 19.1 Å².